The van der Waals surface area contributed by atoms with Crippen LogP contribution >= 0.6 is 0 Å². The number of terminal acetylenes is 1. The van der Waals surface area contributed by atoms with Gasteiger partial charge in [0.2, 0.25) is 0 Å². The summed E-state index contributed by atoms with van der Waals surface area (Å²) in [6, 6.07) is 2.71. The number of hydrogen-bond donors (Lipinski definition) is 1. The fourth-order valence-corrected chi connectivity index (χ4v) is 1.75. The van der Waals surface area contributed by atoms with Crippen molar-refractivity contribution in [3.8, 4) is 18.1 Å². The molecule has 1 aliphatic heterocycles. The van der Waals surface area contributed by atoms with Crippen LogP contribution in [0.1, 0.15) is 17.5 Å². The van der Waals surface area contributed by atoms with Gasteiger partial charge in [-0.2, -0.15) is 0 Å². The van der Waals surface area contributed by atoms with E-state index >= 15 is 0 Å². The lowest BCUT2D eigenvalue weighted by Gasteiger charge is -2.25. The summed E-state index contributed by atoms with van der Waals surface area (Å²) in [6.45, 7) is -0.0408. The zero-order valence-corrected chi connectivity index (χ0v) is 8.16. The van der Waals surface area contributed by atoms with Crippen LogP contribution in [-0.4, -0.2) is 17.8 Å². The Bertz CT molecular complexity index is 420. The molecule has 0 fully saturated rings. The van der Waals surface area contributed by atoms with Crippen molar-refractivity contribution in [2.75, 3.05) is 6.61 Å². The van der Waals surface area contributed by atoms with Crippen molar-refractivity contribution in [3.05, 3.63) is 29.1 Å². The van der Waals surface area contributed by atoms with E-state index in [2.05, 4.69) is 5.92 Å². The molecule has 1 aliphatic rings. The highest BCUT2D eigenvalue weighted by Crippen LogP contribution is 2.31. The van der Waals surface area contributed by atoms with Gasteiger partial charge in [-0.1, -0.05) is 5.92 Å². The number of halogens is 1. The van der Waals surface area contributed by atoms with Crippen molar-refractivity contribution in [2.24, 2.45) is 0 Å². The average Bonchev–Trinajstić information content (AvgIpc) is 2.27. The summed E-state index contributed by atoms with van der Waals surface area (Å²) in [5.74, 6) is 2.60. The van der Waals surface area contributed by atoms with Gasteiger partial charge in [-0.05, 0) is 30.5 Å². The maximum atomic E-state index is 13.1. The normalized spacial score (nSPS) is 18.9. The molecule has 0 radical (unpaired) electrons. The molecule has 1 heterocycles. The van der Waals surface area contributed by atoms with Gasteiger partial charge in [-0.15, -0.1) is 6.42 Å². The lowest BCUT2D eigenvalue weighted by molar-refractivity contribution is 0.0973. The third-order valence-corrected chi connectivity index (χ3v) is 2.51. The quantitative estimate of drug-likeness (QED) is 0.705. The molecule has 1 N–H and O–H groups in total. The summed E-state index contributed by atoms with van der Waals surface area (Å²) in [5.41, 5.74) is 1.20. The summed E-state index contributed by atoms with van der Waals surface area (Å²) in [4.78, 5) is 0. The van der Waals surface area contributed by atoms with Crippen LogP contribution < -0.4 is 4.74 Å². The molecule has 0 aromatic heterocycles. The Labute approximate surface area is 87.7 Å². The molecule has 0 amide bonds. The van der Waals surface area contributed by atoms with Crippen molar-refractivity contribution >= 4 is 0 Å². The minimum atomic E-state index is -0.340. The minimum absolute atomic E-state index is 0.0408. The molecule has 3 heteroatoms. The SMILES string of the molecule is C#Cc1cc(F)cc2c1OC(CO)CC2. The van der Waals surface area contributed by atoms with Crippen LogP contribution in [0.5, 0.6) is 5.75 Å². The highest BCUT2D eigenvalue weighted by Gasteiger charge is 2.22. The van der Waals surface area contributed by atoms with Gasteiger partial charge in [-0.25, -0.2) is 4.39 Å². The molecule has 0 spiro atoms. The molecule has 0 aliphatic carbocycles. The first-order valence-corrected chi connectivity index (χ1v) is 4.81. The molecule has 2 rings (SSSR count). The Morgan fingerprint density at radius 2 is 2.40 bits per heavy atom. The summed E-state index contributed by atoms with van der Waals surface area (Å²) in [5, 5.41) is 8.98. The fourth-order valence-electron chi connectivity index (χ4n) is 1.75. The third-order valence-electron chi connectivity index (χ3n) is 2.51. The molecule has 0 saturated heterocycles. The number of hydrogen-bond acceptors (Lipinski definition) is 2. The summed E-state index contributed by atoms with van der Waals surface area (Å²) in [7, 11) is 0. The third kappa shape index (κ3) is 1.81. The van der Waals surface area contributed by atoms with Gasteiger partial charge < -0.3 is 9.84 Å². The van der Waals surface area contributed by atoms with Gasteiger partial charge in [0.05, 0.1) is 12.2 Å². The van der Waals surface area contributed by atoms with E-state index in [0.29, 0.717) is 24.2 Å². The van der Waals surface area contributed by atoms with Crippen LogP contribution in [0.2, 0.25) is 0 Å². The molecule has 15 heavy (non-hydrogen) atoms. The van der Waals surface area contributed by atoms with Crippen LogP contribution in [0.4, 0.5) is 4.39 Å². The van der Waals surface area contributed by atoms with Crippen LogP contribution in [0.25, 0.3) is 0 Å². The Balaban J connectivity index is 2.44. The van der Waals surface area contributed by atoms with E-state index in [0.717, 1.165) is 5.56 Å². The van der Waals surface area contributed by atoms with Crippen LogP contribution in [0.15, 0.2) is 12.1 Å². The topological polar surface area (TPSA) is 29.5 Å². The lowest BCUT2D eigenvalue weighted by atomic mass is 9.99. The lowest BCUT2D eigenvalue weighted by Crippen LogP contribution is -2.26. The number of ether oxygens (including phenoxy) is 1. The Hall–Kier alpha value is -1.53. The maximum Gasteiger partial charge on any atom is 0.138 e. The number of aryl methyl sites for hydroxylation is 1. The molecular weight excluding hydrogens is 195 g/mol. The van der Waals surface area contributed by atoms with Gasteiger partial charge >= 0.3 is 0 Å². The Kier molecular flexibility index (Phi) is 2.61. The zero-order chi connectivity index (χ0) is 10.8. The highest BCUT2D eigenvalue weighted by molar-refractivity contribution is 5.51. The fraction of sp³-hybridized carbons (Fsp3) is 0.333. The molecule has 0 bridgehead atoms. The predicted molar refractivity (Wildman–Crippen MR) is 54.2 cm³/mol. The van der Waals surface area contributed by atoms with Crippen molar-refractivity contribution in [1.29, 1.82) is 0 Å². The first-order valence-electron chi connectivity index (χ1n) is 4.81. The number of rotatable bonds is 1. The van der Waals surface area contributed by atoms with Crippen molar-refractivity contribution in [3.63, 3.8) is 0 Å². The number of aliphatic hydroxyl groups is 1. The van der Waals surface area contributed by atoms with Gasteiger partial charge in [0.25, 0.3) is 0 Å². The highest BCUT2D eigenvalue weighted by atomic mass is 19.1. The van der Waals surface area contributed by atoms with E-state index in [4.69, 9.17) is 16.3 Å². The zero-order valence-electron chi connectivity index (χ0n) is 8.16. The van der Waals surface area contributed by atoms with E-state index in [9.17, 15) is 4.39 Å². The average molecular weight is 206 g/mol. The molecule has 1 aromatic rings. The molecule has 1 atom stereocenters. The van der Waals surface area contributed by atoms with E-state index in [1.807, 2.05) is 0 Å². The van der Waals surface area contributed by atoms with Crippen molar-refractivity contribution in [2.45, 2.75) is 18.9 Å². The van der Waals surface area contributed by atoms with E-state index in [1.54, 1.807) is 0 Å². The smallest absolute Gasteiger partial charge is 0.138 e. The second-order valence-corrected chi connectivity index (χ2v) is 3.55. The van der Waals surface area contributed by atoms with Gasteiger partial charge in [0.15, 0.2) is 0 Å². The monoisotopic (exact) mass is 206 g/mol. The van der Waals surface area contributed by atoms with Crippen LogP contribution in [0.3, 0.4) is 0 Å². The van der Waals surface area contributed by atoms with Crippen LogP contribution in [-0.2, 0) is 6.42 Å². The first-order chi connectivity index (χ1) is 7.24. The van der Waals surface area contributed by atoms with Gasteiger partial charge in [0.1, 0.15) is 17.7 Å². The van der Waals surface area contributed by atoms with E-state index < -0.39 is 0 Å². The van der Waals surface area contributed by atoms with Crippen molar-refractivity contribution in [1.82, 2.24) is 0 Å². The largest absolute Gasteiger partial charge is 0.486 e. The summed E-state index contributed by atoms with van der Waals surface area (Å²) in [6.07, 6.45) is 6.42. The molecular formula is C12H11FO2. The predicted octanol–water partition coefficient (Wildman–Crippen LogP) is 1.49. The minimum Gasteiger partial charge on any atom is -0.486 e. The van der Waals surface area contributed by atoms with Gasteiger partial charge in [0, 0.05) is 0 Å². The Morgan fingerprint density at radius 1 is 1.60 bits per heavy atom. The summed E-state index contributed by atoms with van der Waals surface area (Å²) < 4.78 is 18.6. The van der Waals surface area contributed by atoms with Crippen LogP contribution in [0, 0.1) is 18.2 Å². The number of benzene rings is 1. The second-order valence-electron chi connectivity index (χ2n) is 3.55. The molecule has 2 nitrogen and oxygen atoms in total. The summed E-state index contributed by atoms with van der Waals surface area (Å²) >= 11 is 0. The standard InChI is InChI=1S/C12H11FO2/c1-2-8-5-10(13)6-9-3-4-11(7-14)15-12(8)9/h1,5-6,11,14H,3-4,7H2. The van der Waals surface area contributed by atoms with E-state index in [-0.39, 0.29) is 18.5 Å². The number of aliphatic hydroxyl groups excluding tert-OH is 1. The van der Waals surface area contributed by atoms with E-state index in [1.165, 1.54) is 12.1 Å². The van der Waals surface area contributed by atoms with Gasteiger partial charge in [-0.3, -0.25) is 0 Å². The molecule has 1 aromatic carbocycles. The van der Waals surface area contributed by atoms with Crippen molar-refractivity contribution < 1.29 is 14.2 Å². The maximum absolute atomic E-state index is 13.1. The molecule has 78 valence electrons. The first kappa shape index (κ1) is 10.0. The second kappa shape index (κ2) is 3.92. The Morgan fingerprint density at radius 3 is 3.07 bits per heavy atom. The molecule has 0 saturated carbocycles. The number of fused-ring (bicyclic) bond motifs is 1. The molecule has 1 unspecified atom stereocenters.